The summed E-state index contributed by atoms with van der Waals surface area (Å²) < 4.78 is 5.46. The van der Waals surface area contributed by atoms with Gasteiger partial charge in [-0.05, 0) is 50.4 Å². The van der Waals surface area contributed by atoms with Gasteiger partial charge in [-0.25, -0.2) is 9.78 Å². The number of hydrogen-bond acceptors (Lipinski definition) is 6. The standard InChI is InChI=1S/C25H34N6O3/c1-17-14-28-22(15-27-17)30-24(33)29-20-9-8-19(12-21(20)34-2)23(32)31-25(10-11-26-16-25)13-18-6-4-3-5-7-18/h8-9,12,14-15,18,26H,3-7,10-11,13,16H2,1-2H3,(H,31,32)(H2,28,29,30,33)/t25-/m1/s1. The molecular formula is C25H34N6O3. The Kier molecular flexibility index (Phi) is 7.62. The number of rotatable bonds is 7. The molecule has 4 N–H and O–H groups in total. The van der Waals surface area contributed by atoms with Gasteiger partial charge in [0.15, 0.2) is 5.82 Å². The lowest BCUT2D eigenvalue weighted by molar-refractivity contribution is 0.0885. The van der Waals surface area contributed by atoms with Gasteiger partial charge in [0.1, 0.15) is 5.75 Å². The number of benzene rings is 1. The average molecular weight is 467 g/mol. The quantitative estimate of drug-likeness (QED) is 0.492. The highest BCUT2D eigenvalue weighted by Gasteiger charge is 2.38. The third-order valence-corrected chi connectivity index (χ3v) is 6.76. The largest absolute Gasteiger partial charge is 0.495 e. The summed E-state index contributed by atoms with van der Waals surface area (Å²) >= 11 is 0. The van der Waals surface area contributed by atoms with Crippen molar-refractivity contribution in [3.8, 4) is 5.75 Å². The minimum absolute atomic E-state index is 0.122. The molecule has 182 valence electrons. The first-order chi connectivity index (χ1) is 16.5. The van der Waals surface area contributed by atoms with Gasteiger partial charge in [0, 0.05) is 12.1 Å². The Morgan fingerprint density at radius 3 is 2.65 bits per heavy atom. The summed E-state index contributed by atoms with van der Waals surface area (Å²) in [6, 6.07) is 4.56. The van der Waals surface area contributed by atoms with E-state index in [4.69, 9.17) is 4.74 Å². The summed E-state index contributed by atoms with van der Waals surface area (Å²) in [5.41, 5.74) is 1.51. The van der Waals surface area contributed by atoms with Gasteiger partial charge < -0.3 is 20.7 Å². The summed E-state index contributed by atoms with van der Waals surface area (Å²) in [5.74, 6) is 1.30. The van der Waals surface area contributed by atoms with Crippen molar-refractivity contribution in [1.29, 1.82) is 0 Å². The second-order valence-corrected chi connectivity index (χ2v) is 9.41. The highest BCUT2D eigenvalue weighted by Crippen LogP contribution is 2.34. The molecule has 0 unspecified atom stereocenters. The molecule has 2 aliphatic rings. The van der Waals surface area contributed by atoms with Crippen molar-refractivity contribution in [1.82, 2.24) is 20.6 Å². The van der Waals surface area contributed by atoms with Crippen molar-refractivity contribution >= 4 is 23.4 Å². The van der Waals surface area contributed by atoms with Crippen molar-refractivity contribution in [3.63, 3.8) is 0 Å². The highest BCUT2D eigenvalue weighted by molar-refractivity contribution is 6.01. The molecule has 4 rings (SSSR count). The molecule has 2 aromatic rings. The van der Waals surface area contributed by atoms with Crippen LogP contribution in [-0.2, 0) is 0 Å². The van der Waals surface area contributed by atoms with Gasteiger partial charge in [0.2, 0.25) is 0 Å². The molecule has 0 radical (unpaired) electrons. The van der Waals surface area contributed by atoms with Crippen LogP contribution >= 0.6 is 0 Å². The summed E-state index contributed by atoms with van der Waals surface area (Å²) in [6.45, 7) is 3.54. The zero-order valence-corrected chi connectivity index (χ0v) is 19.9. The fourth-order valence-corrected chi connectivity index (χ4v) is 5.00. The number of nitrogens with one attached hydrogen (secondary N) is 4. The molecule has 34 heavy (non-hydrogen) atoms. The van der Waals surface area contributed by atoms with Crippen LogP contribution in [0.4, 0.5) is 16.3 Å². The Morgan fingerprint density at radius 1 is 1.15 bits per heavy atom. The maximum atomic E-state index is 13.2. The van der Waals surface area contributed by atoms with Crippen LogP contribution in [-0.4, -0.2) is 47.6 Å². The third-order valence-electron chi connectivity index (χ3n) is 6.76. The maximum Gasteiger partial charge on any atom is 0.324 e. The summed E-state index contributed by atoms with van der Waals surface area (Å²) in [4.78, 5) is 33.8. The molecule has 1 aromatic heterocycles. The number of amides is 3. The van der Waals surface area contributed by atoms with E-state index in [1.807, 2.05) is 6.92 Å². The predicted molar refractivity (Wildman–Crippen MR) is 131 cm³/mol. The van der Waals surface area contributed by atoms with E-state index in [1.165, 1.54) is 45.4 Å². The first kappa shape index (κ1) is 23.9. The van der Waals surface area contributed by atoms with Gasteiger partial charge in [0.05, 0.1) is 36.4 Å². The Hall–Kier alpha value is -3.20. The van der Waals surface area contributed by atoms with E-state index in [0.717, 1.165) is 31.6 Å². The van der Waals surface area contributed by atoms with Gasteiger partial charge in [-0.2, -0.15) is 0 Å². The predicted octanol–water partition coefficient (Wildman–Crippen LogP) is 3.87. The number of nitrogens with zero attached hydrogens (tertiary/aromatic N) is 2. The number of hydrogen-bond donors (Lipinski definition) is 4. The maximum absolute atomic E-state index is 13.2. The molecule has 1 aliphatic carbocycles. The van der Waals surface area contributed by atoms with Gasteiger partial charge in [-0.3, -0.25) is 15.1 Å². The molecule has 2 heterocycles. The lowest BCUT2D eigenvalue weighted by Crippen LogP contribution is -2.51. The fraction of sp³-hybridized carbons (Fsp3) is 0.520. The zero-order chi connectivity index (χ0) is 24.0. The summed E-state index contributed by atoms with van der Waals surface area (Å²) in [5, 5.41) is 12.1. The van der Waals surface area contributed by atoms with Crippen LogP contribution in [0.1, 0.15) is 61.0 Å². The Labute approximate surface area is 200 Å². The lowest BCUT2D eigenvalue weighted by Gasteiger charge is -2.35. The molecule has 1 aromatic carbocycles. The molecule has 1 saturated carbocycles. The van der Waals surface area contributed by atoms with Crippen molar-refractivity contribution < 1.29 is 14.3 Å². The minimum Gasteiger partial charge on any atom is -0.495 e. The SMILES string of the molecule is COc1cc(C(=O)N[C@@]2(CC3CCCCC3)CCNC2)ccc1NC(=O)Nc1cnc(C)cn1. The molecule has 0 bridgehead atoms. The molecule has 1 aliphatic heterocycles. The number of urea groups is 1. The Bertz CT molecular complexity index is 998. The van der Waals surface area contributed by atoms with Crippen LogP contribution in [0, 0.1) is 12.8 Å². The van der Waals surface area contributed by atoms with Crippen molar-refractivity contribution in [2.24, 2.45) is 5.92 Å². The molecule has 9 heteroatoms. The zero-order valence-electron chi connectivity index (χ0n) is 19.9. The van der Waals surface area contributed by atoms with Crippen LogP contribution in [0.3, 0.4) is 0 Å². The van der Waals surface area contributed by atoms with Gasteiger partial charge in [-0.15, -0.1) is 0 Å². The third kappa shape index (κ3) is 6.02. The number of anilines is 2. The first-order valence-corrected chi connectivity index (χ1v) is 12.0. The molecule has 9 nitrogen and oxygen atoms in total. The molecular weight excluding hydrogens is 432 g/mol. The summed E-state index contributed by atoms with van der Waals surface area (Å²) in [6.07, 6.45) is 11.4. The van der Waals surface area contributed by atoms with Gasteiger partial charge in [0.25, 0.3) is 5.91 Å². The Morgan fingerprint density at radius 2 is 1.97 bits per heavy atom. The number of methoxy groups -OCH3 is 1. The lowest BCUT2D eigenvalue weighted by atomic mass is 9.78. The topological polar surface area (TPSA) is 117 Å². The average Bonchev–Trinajstić information content (AvgIpc) is 3.29. The van der Waals surface area contributed by atoms with E-state index in [-0.39, 0.29) is 11.4 Å². The van der Waals surface area contributed by atoms with Crippen LogP contribution in [0.5, 0.6) is 5.75 Å². The van der Waals surface area contributed by atoms with E-state index in [9.17, 15) is 9.59 Å². The van der Waals surface area contributed by atoms with E-state index in [0.29, 0.717) is 28.7 Å². The number of aryl methyl sites for hydroxylation is 1. The van der Waals surface area contributed by atoms with E-state index >= 15 is 0 Å². The minimum atomic E-state index is -0.475. The van der Waals surface area contributed by atoms with E-state index in [2.05, 4.69) is 31.2 Å². The number of aromatic nitrogens is 2. The molecule has 2 fully saturated rings. The second-order valence-electron chi connectivity index (χ2n) is 9.41. The smallest absolute Gasteiger partial charge is 0.324 e. The van der Waals surface area contributed by atoms with Gasteiger partial charge >= 0.3 is 6.03 Å². The highest BCUT2D eigenvalue weighted by atomic mass is 16.5. The van der Waals surface area contributed by atoms with Crippen LogP contribution in [0.15, 0.2) is 30.6 Å². The second kappa shape index (κ2) is 10.8. The number of carbonyl (C=O) groups excluding carboxylic acids is 2. The fourth-order valence-electron chi connectivity index (χ4n) is 5.00. The molecule has 3 amide bonds. The molecule has 1 saturated heterocycles. The Balaban J connectivity index is 1.41. The monoisotopic (exact) mass is 466 g/mol. The van der Waals surface area contributed by atoms with Crippen molar-refractivity contribution in [3.05, 3.63) is 41.9 Å². The number of ether oxygens (including phenoxy) is 1. The van der Waals surface area contributed by atoms with Crippen molar-refractivity contribution in [2.75, 3.05) is 30.8 Å². The molecule has 0 spiro atoms. The first-order valence-electron chi connectivity index (χ1n) is 12.0. The summed E-state index contributed by atoms with van der Waals surface area (Å²) in [7, 11) is 1.51. The number of carbonyl (C=O) groups is 2. The van der Waals surface area contributed by atoms with Crippen LogP contribution in [0.25, 0.3) is 0 Å². The molecule has 1 atom stereocenters. The normalized spacial score (nSPS) is 20.5. The van der Waals surface area contributed by atoms with Crippen LogP contribution < -0.4 is 26.0 Å². The van der Waals surface area contributed by atoms with Gasteiger partial charge in [-0.1, -0.05) is 32.1 Å². The van der Waals surface area contributed by atoms with Crippen molar-refractivity contribution in [2.45, 2.75) is 57.4 Å². The van der Waals surface area contributed by atoms with E-state index < -0.39 is 6.03 Å². The van der Waals surface area contributed by atoms with Crippen LogP contribution in [0.2, 0.25) is 0 Å². The van der Waals surface area contributed by atoms with E-state index in [1.54, 1.807) is 24.4 Å².